The van der Waals surface area contributed by atoms with Gasteiger partial charge in [-0.05, 0) is 36.1 Å². The van der Waals surface area contributed by atoms with Gasteiger partial charge in [0.1, 0.15) is 0 Å². The Hall–Kier alpha value is -4.09. The van der Waals surface area contributed by atoms with E-state index < -0.39 is 15.9 Å². The fourth-order valence-electron chi connectivity index (χ4n) is 4.35. The number of hydrogen-bond donors (Lipinski definition) is 3. The van der Waals surface area contributed by atoms with Crippen LogP contribution in [-0.2, 0) is 27.8 Å². The van der Waals surface area contributed by atoms with Crippen LogP contribution in [0.25, 0.3) is 11.1 Å². The van der Waals surface area contributed by atoms with Crippen molar-refractivity contribution in [2.24, 2.45) is 0 Å². The Labute approximate surface area is 245 Å². The maximum Gasteiger partial charge on any atom is 0.272 e. The lowest BCUT2D eigenvalue weighted by Gasteiger charge is -2.15. The molecule has 0 saturated carbocycles. The smallest absolute Gasteiger partial charge is 0.272 e. The molecule has 214 valence electrons. The van der Waals surface area contributed by atoms with E-state index in [2.05, 4.69) is 23.0 Å². The molecule has 2 N–H and O–H groups in total. The summed E-state index contributed by atoms with van der Waals surface area (Å²) >= 11 is 4.41. The maximum absolute atomic E-state index is 13.1. The van der Waals surface area contributed by atoms with Gasteiger partial charge in [0.25, 0.3) is 15.9 Å². The van der Waals surface area contributed by atoms with Gasteiger partial charge in [0, 0.05) is 30.3 Å². The predicted octanol–water partition coefficient (Wildman–Crippen LogP) is 4.09. The van der Waals surface area contributed by atoms with Crippen LogP contribution in [0.4, 0.5) is 0 Å². The molecular formula is C30H32N4O5S2. The van der Waals surface area contributed by atoms with Crippen molar-refractivity contribution in [3.8, 4) is 17.0 Å². The summed E-state index contributed by atoms with van der Waals surface area (Å²) in [6, 6.07) is 25.1. The first-order valence-electron chi connectivity index (χ1n) is 13.1. The number of carbonyl (C=O) groups excluding carboxylic acids is 2. The lowest BCUT2D eigenvalue weighted by Crippen LogP contribution is -2.38. The van der Waals surface area contributed by atoms with Gasteiger partial charge in [0.2, 0.25) is 11.8 Å². The SMILES string of the molecule is CCOc1cc(C(=O)N[C@@H](CS)Cc2ccccc2)nn1Cc1ccc(-c2ccccc2S(=O)(=O)NC(C)=O)cc1. The fourth-order valence-corrected chi connectivity index (χ4v) is 5.80. The third-order valence-electron chi connectivity index (χ3n) is 6.20. The summed E-state index contributed by atoms with van der Waals surface area (Å²) in [5.74, 6) is -0.0443. The molecule has 0 aliphatic carbocycles. The van der Waals surface area contributed by atoms with E-state index in [9.17, 15) is 18.0 Å². The molecule has 1 aromatic heterocycles. The summed E-state index contributed by atoms with van der Waals surface area (Å²) in [6.45, 7) is 3.74. The van der Waals surface area contributed by atoms with Crippen LogP contribution in [0.2, 0.25) is 0 Å². The second-order valence-electron chi connectivity index (χ2n) is 9.36. The molecule has 0 saturated heterocycles. The molecule has 0 bridgehead atoms. The normalized spacial score (nSPS) is 12.0. The van der Waals surface area contributed by atoms with Crippen LogP contribution in [0.3, 0.4) is 0 Å². The van der Waals surface area contributed by atoms with Gasteiger partial charge in [-0.2, -0.15) is 17.7 Å². The second-order valence-corrected chi connectivity index (χ2v) is 11.4. The fraction of sp³-hybridized carbons (Fsp3) is 0.233. The van der Waals surface area contributed by atoms with Crippen LogP contribution in [0, 0.1) is 0 Å². The number of benzene rings is 3. The summed E-state index contributed by atoms with van der Waals surface area (Å²) in [4.78, 5) is 24.5. The van der Waals surface area contributed by atoms with Gasteiger partial charge >= 0.3 is 0 Å². The number of nitrogens with zero attached hydrogens (tertiary/aromatic N) is 2. The lowest BCUT2D eigenvalue weighted by atomic mass is 10.0. The van der Waals surface area contributed by atoms with E-state index in [0.717, 1.165) is 18.1 Å². The minimum absolute atomic E-state index is 0.0103. The molecule has 0 radical (unpaired) electrons. The Kier molecular flexibility index (Phi) is 9.85. The highest BCUT2D eigenvalue weighted by atomic mass is 32.2. The van der Waals surface area contributed by atoms with Crippen LogP contribution < -0.4 is 14.8 Å². The number of carbonyl (C=O) groups is 2. The van der Waals surface area contributed by atoms with Gasteiger partial charge < -0.3 is 10.1 Å². The van der Waals surface area contributed by atoms with Crippen LogP contribution in [0.5, 0.6) is 5.88 Å². The molecular weight excluding hydrogens is 560 g/mol. The van der Waals surface area contributed by atoms with E-state index in [1.807, 2.05) is 54.1 Å². The molecule has 0 fully saturated rings. The largest absolute Gasteiger partial charge is 0.478 e. The molecule has 0 spiro atoms. The zero-order valence-corrected chi connectivity index (χ0v) is 24.5. The number of amides is 2. The topological polar surface area (TPSA) is 119 Å². The number of ether oxygens (including phenoxy) is 1. The van der Waals surface area contributed by atoms with Crippen molar-refractivity contribution in [1.29, 1.82) is 0 Å². The van der Waals surface area contributed by atoms with Crippen LogP contribution in [0.15, 0.2) is 89.8 Å². The Bertz CT molecular complexity index is 1600. The van der Waals surface area contributed by atoms with E-state index in [4.69, 9.17) is 4.74 Å². The molecule has 9 nitrogen and oxygen atoms in total. The van der Waals surface area contributed by atoms with Crippen molar-refractivity contribution in [1.82, 2.24) is 19.8 Å². The minimum Gasteiger partial charge on any atom is -0.478 e. The summed E-state index contributed by atoms with van der Waals surface area (Å²) in [5, 5.41) is 7.52. The molecule has 11 heteroatoms. The van der Waals surface area contributed by atoms with Crippen molar-refractivity contribution >= 4 is 34.5 Å². The third-order valence-corrected chi connectivity index (χ3v) is 8.13. The molecule has 3 aromatic carbocycles. The summed E-state index contributed by atoms with van der Waals surface area (Å²) in [7, 11) is -4.02. The molecule has 4 aromatic rings. The van der Waals surface area contributed by atoms with E-state index in [0.29, 0.717) is 42.3 Å². The van der Waals surface area contributed by atoms with Crippen LogP contribution >= 0.6 is 12.6 Å². The summed E-state index contributed by atoms with van der Waals surface area (Å²) in [6.07, 6.45) is 0.650. The summed E-state index contributed by atoms with van der Waals surface area (Å²) < 4.78 is 34.8. The highest BCUT2D eigenvalue weighted by molar-refractivity contribution is 7.90. The van der Waals surface area contributed by atoms with Gasteiger partial charge in [0.15, 0.2) is 5.69 Å². The van der Waals surface area contributed by atoms with Crippen molar-refractivity contribution in [3.63, 3.8) is 0 Å². The molecule has 2 amide bonds. The van der Waals surface area contributed by atoms with Gasteiger partial charge in [-0.1, -0.05) is 72.8 Å². The van der Waals surface area contributed by atoms with Gasteiger partial charge in [0.05, 0.1) is 18.0 Å². The molecule has 1 heterocycles. The molecule has 4 rings (SSSR count). The van der Waals surface area contributed by atoms with Gasteiger partial charge in [-0.3, -0.25) is 9.59 Å². The van der Waals surface area contributed by atoms with Crippen LogP contribution in [0.1, 0.15) is 35.5 Å². The molecule has 1 atom stereocenters. The number of rotatable bonds is 12. The standard InChI is InChI=1S/C30H32N4O5S2/c1-3-39-29-18-27(30(36)31-25(20-40)17-22-9-5-4-6-10-22)32-34(29)19-23-13-15-24(16-14-23)26-11-7-8-12-28(26)41(37,38)33-21(2)35/h4-16,18,25,40H,3,17,19-20H2,1-2H3,(H,31,36)(H,33,35)/t25-/m1/s1. The molecule has 41 heavy (non-hydrogen) atoms. The maximum atomic E-state index is 13.1. The zero-order chi connectivity index (χ0) is 29.4. The van der Waals surface area contributed by atoms with E-state index >= 15 is 0 Å². The van der Waals surface area contributed by atoms with E-state index in [-0.39, 0.29) is 22.5 Å². The molecule has 0 unspecified atom stereocenters. The van der Waals surface area contributed by atoms with Crippen molar-refractivity contribution in [2.75, 3.05) is 12.4 Å². The van der Waals surface area contributed by atoms with Gasteiger partial charge in [-0.15, -0.1) is 0 Å². The van der Waals surface area contributed by atoms with Crippen LogP contribution in [-0.4, -0.2) is 48.4 Å². The quantitative estimate of drug-likeness (QED) is 0.213. The Morgan fingerprint density at radius 3 is 2.32 bits per heavy atom. The first-order valence-corrected chi connectivity index (χ1v) is 15.2. The molecule has 0 aliphatic rings. The molecule has 0 aliphatic heterocycles. The van der Waals surface area contributed by atoms with Crippen molar-refractivity contribution < 1.29 is 22.7 Å². The number of sulfonamides is 1. The van der Waals surface area contributed by atoms with E-state index in [1.165, 1.54) is 6.07 Å². The van der Waals surface area contributed by atoms with Crippen molar-refractivity contribution in [2.45, 2.75) is 37.8 Å². The highest BCUT2D eigenvalue weighted by Crippen LogP contribution is 2.28. The number of hydrogen-bond acceptors (Lipinski definition) is 7. The first-order chi connectivity index (χ1) is 19.7. The third kappa shape index (κ3) is 7.77. The minimum atomic E-state index is -4.02. The zero-order valence-electron chi connectivity index (χ0n) is 22.8. The first kappa shape index (κ1) is 29.9. The Morgan fingerprint density at radius 2 is 1.66 bits per heavy atom. The van der Waals surface area contributed by atoms with E-state index in [1.54, 1.807) is 41.1 Å². The Morgan fingerprint density at radius 1 is 0.976 bits per heavy atom. The predicted molar refractivity (Wildman–Crippen MR) is 161 cm³/mol. The summed E-state index contributed by atoms with van der Waals surface area (Å²) in [5.41, 5.74) is 3.34. The van der Waals surface area contributed by atoms with Crippen molar-refractivity contribution in [3.05, 3.63) is 102 Å². The monoisotopic (exact) mass is 592 g/mol. The lowest BCUT2D eigenvalue weighted by molar-refractivity contribution is -0.117. The highest BCUT2D eigenvalue weighted by Gasteiger charge is 2.21. The Balaban J connectivity index is 1.52. The average molecular weight is 593 g/mol. The second kappa shape index (κ2) is 13.5. The van der Waals surface area contributed by atoms with Gasteiger partial charge in [-0.25, -0.2) is 17.8 Å². The number of aromatic nitrogens is 2. The average Bonchev–Trinajstić information content (AvgIpc) is 3.35. The number of thiol groups is 1. The number of nitrogens with one attached hydrogen (secondary N) is 2.